The Morgan fingerprint density at radius 1 is 1.24 bits per heavy atom. The van der Waals surface area contributed by atoms with E-state index in [2.05, 4.69) is 5.32 Å². The van der Waals surface area contributed by atoms with Crippen LogP contribution in [0.4, 0.5) is 18.9 Å². The van der Waals surface area contributed by atoms with Gasteiger partial charge in [-0.25, -0.2) is 0 Å². The van der Waals surface area contributed by atoms with Crippen molar-refractivity contribution >= 4 is 18.1 Å². The first kappa shape index (κ1) is 16.4. The second-order valence-corrected chi connectivity index (χ2v) is 5.57. The third kappa shape index (κ3) is 2.84. The number of hydrogen-bond acceptors (Lipinski definition) is 3. The summed E-state index contributed by atoms with van der Waals surface area (Å²) in [7, 11) is 3.51. The topological polar surface area (TPSA) is 24.5 Å². The Balaban J connectivity index is 0.00000161. The van der Waals surface area contributed by atoms with Crippen molar-refractivity contribution in [1.82, 2.24) is 5.32 Å². The summed E-state index contributed by atoms with van der Waals surface area (Å²) in [6.45, 7) is 1.42. The Morgan fingerprint density at radius 2 is 1.95 bits per heavy atom. The fourth-order valence-corrected chi connectivity index (χ4v) is 3.01. The number of anilines is 1. The minimum atomic E-state index is -4.35. The van der Waals surface area contributed by atoms with Crippen LogP contribution in [0.3, 0.4) is 0 Å². The molecular weight excluding hydrogens is 305 g/mol. The van der Waals surface area contributed by atoms with Crippen LogP contribution in [-0.2, 0) is 17.5 Å². The monoisotopic (exact) mass is 322 g/mol. The van der Waals surface area contributed by atoms with Gasteiger partial charge in [0.1, 0.15) is 0 Å². The van der Waals surface area contributed by atoms with Crippen LogP contribution in [-0.4, -0.2) is 33.3 Å². The zero-order valence-electron chi connectivity index (χ0n) is 11.8. The molecule has 21 heavy (non-hydrogen) atoms. The van der Waals surface area contributed by atoms with Gasteiger partial charge in [-0.3, -0.25) is 0 Å². The van der Waals surface area contributed by atoms with E-state index in [-0.39, 0.29) is 31.0 Å². The molecule has 0 aromatic heterocycles. The maximum Gasteiger partial charge on any atom is 0.416 e. The Bertz CT molecular complexity index is 534. The van der Waals surface area contributed by atoms with Gasteiger partial charge in [-0.1, -0.05) is 0 Å². The Labute approximate surface area is 127 Å². The van der Waals surface area contributed by atoms with Crippen molar-refractivity contribution in [1.29, 1.82) is 0 Å². The number of hydrogen-bond donors (Lipinski definition) is 1. The van der Waals surface area contributed by atoms with Gasteiger partial charge in [-0.15, -0.1) is 12.4 Å². The molecule has 3 rings (SSSR count). The van der Waals surface area contributed by atoms with Gasteiger partial charge in [0.15, 0.2) is 0 Å². The summed E-state index contributed by atoms with van der Waals surface area (Å²) >= 11 is 0. The van der Waals surface area contributed by atoms with Crippen LogP contribution in [0.15, 0.2) is 12.1 Å². The fourth-order valence-electron chi connectivity index (χ4n) is 3.01. The lowest BCUT2D eigenvalue weighted by Gasteiger charge is -2.31. The van der Waals surface area contributed by atoms with E-state index in [0.29, 0.717) is 24.3 Å². The van der Waals surface area contributed by atoms with E-state index in [4.69, 9.17) is 4.74 Å². The molecule has 0 saturated carbocycles. The summed E-state index contributed by atoms with van der Waals surface area (Å²) in [5.41, 5.74) is 1.10. The van der Waals surface area contributed by atoms with Gasteiger partial charge in [0.25, 0.3) is 0 Å². The van der Waals surface area contributed by atoms with Gasteiger partial charge in [0.2, 0.25) is 0 Å². The number of rotatable bonds is 1. The molecule has 118 valence electrons. The predicted octanol–water partition coefficient (Wildman–Crippen LogP) is 2.78. The second-order valence-electron chi connectivity index (χ2n) is 5.57. The molecule has 3 nitrogen and oxygen atoms in total. The third-order valence-electron chi connectivity index (χ3n) is 4.09. The first-order valence-electron chi connectivity index (χ1n) is 6.61. The molecule has 0 bridgehead atoms. The van der Waals surface area contributed by atoms with E-state index in [1.54, 1.807) is 19.0 Å². The average Bonchev–Trinajstić information content (AvgIpc) is 2.84. The lowest BCUT2D eigenvalue weighted by Crippen LogP contribution is -2.29. The van der Waals surface area contributed by atoms with Gasteiger partial charge >= 0.3 is 6.18 Å². The molecule has 1 aromatic rings. The summed E-state index contributed by atoms with van der Waals surface area (Å²) in [5, 5.41) is 3.19. The highest BCUT2D eigenvalue weighted by Crippen LogP contribution is 2.43. The number of fused-ring (bicyclic) bond motifs is 3. The maximum absolute atomic E-state index is 13.3. The molecule has 1 N–H and O–H groups in total. The third-order valence-corrected chi connectivity index (χ3v) is 4.09. The van der Waals surface area contributed by atoms with E-state index in [1.807, 2.05) is 6.07 Å². The van der Waals surface area contributed by atoms with E-state index < -0.39 is 11.7 Å². The highest BCUT2D eigenvalue weighted by molar-refractivity contribution is 5.85. The molecule has 0 amide bonds. The zero-order chi connectivity index (χ0) is 14.5. The van der Waals surface area contributed by atoms with E-state index in [0.717, 1.165) is 5.56 Å². The molecule has 1 fully saturated rings. The largest absolute Gasteiger partial charge is 0.416 e. The van der Waals surface area contributed by atoms with Crippen molar-refractivity contribution in [2.24, 2.45) is 0 Å². The molecule has 0 unspecified atom stereocenters. The summed E-state index contributed by atoms with van der Waals surface area (Å²) < 4.78 is 45.4. The van der Waals surface area contributed by atoms with E-state index in [1.165, 1.54) is 6.07 Å². The number of nitrogens with one attached hydrogen (secondary N) is 1. The summed E-state index contributed by atoms with van der Waals surface area (Å²) in [6, 6.07) is 3.09. The number of ether oxygens (including phenoxy) is 1. The zero-order valence-corrected chi connectivity index (χ0v) is 12.6. The first-order chi connectivity index (χ1) is 9.38. The van der Waals surface area contributed by atoms with Crippen molar-refractivity contribution in [3.05, 3.63) is 28.8 Å². The minimum absolute atomic E-state index is 0. The second kappa shape index (κ2) is 5.66. The summed E-state index contributed by atoms with van der Waals surface area (Å²) in [5.74, 6) is 0.0137. The number of nitrogens with zero attached hydrogens (tertiary/aromatic N) is 1. The molecule has 2 atom stereocenters. The minimum Gasteiger partial charge on any atom is -0.378 e. The van der Waals surface area contributed by atoms with Crippen LogP contribution >= 0.6 is 12.4 Å². The molecule has 0 spiro atoms. The normalized spacial score (nSPS) is 24.0. The number of benzene rings is 1. The Morgan fingerprint density at radius 3 is 2.57 bits per heavy atom. The number of alkyl halides is 3. The summed E-state index contributed by atoms with van der Waals surface area (Å²) in [6.07, 6.45) is -4.36. The first-order valence-corrected chi connectivity index (χ1v) is 6.61. The van der Waals surface area contributed by atoms with E-state index in [9.17, 15) is 13.2 Å². The van der Waals surface area contributed by atoms with Crippen molar-refractivity contribution in [3.8, 4) is 0 Å². The lowest BCUT2D eigenvalue weighted by atomic mass is 9.86. The quantitative estimate of drug-likeness (QED) is 0.860. The fraction of sp³-hybridized carbons (Fsp3) is 0.571. The van der Waals surface area contributed by atoms with Crippen molar-refractivity contribution in [2.75, 3.05) is 32.1 Å². The maximum atomic E-state index is 13.3. The standard InChI is InChI=1S/C14H17F3N2O.ClH/c1-19(2)8-3-9-10-5-18-6-13(10)20-7-11(9)12(4-8)14(15,16)17;/h3-4,10,13,18H,5-7H2,1-2H3;1H/t10-,13-;/m1./s1. The van der Waals surface area contributed by atoms with Crippen LogP contribution in [0.1, 0.15) is 22.6 Å². The molecule has 1 aromatic carbocycles. The van der Waals surface area contributed by atoms with Crippen LogP contribution < -0.4 is 10.2 Å². The van der Waals surface area contributed by atoms with Crippen molar-refractivity contribution in [3.63, 3.8) is 0 Å². The lowest BCUT2D eigenvalue weighted by molar-refractivity contribution is -0.139. The molecule has 1 saturated heterocycles. The van der Waals surface area contributed by atoms with Crippen molar-refractivity contribution in [2.45, 2.75) is 24.8 Å². The molecule has 2 aliphatic heterocycles. The summed E-state index contributed by atoms with van der Waals surface area (Å²) in [4.78, 5) is 1.71. The van der Waals surface area contributed by atoms with Crippen molar-refractivity contribution < 1.29 is 17.9 Å². The van der Waals surface area contributed by atoms with Crippen LogP contribution in [0.25, 0.3) is 0 Å². The van der Waals surface area contributed by atoms with Crippen LogP contribution in [0.5, 0.6) is 0 Å². The predicted molar refractivity (Wildman–Crippen MR) is 77.2 cm³/mol. The SMILES string of the molecule is CN(C)c1cc2c(c(C(F)(F)F)c1)CO[C@@H]1CNC[C@H]21.Cl. The number of halogens is 4. The highest BCUT2D eigenvalue weighted by Gasteiger charge is 2.41. The molecule has 0 radical (unpaired) electrons. The van der Waals surface area contributed by atoms with Gasteiger partial charge < -0.3 is 15.0 Å². The Kier molecular flexibility index (Phi) is 4.42. The van der Waals surface area contributed by atoms with Gasteiger partial charge in [0.05, 0.1) is 18.3 Å². The van der Waals surface area contributed by atoms with Gasteiger partial charge in [0, 0.05) is 38.8 Å². The molecule has 7 heteroatoms. The molecule has 2 aliphatic rings. The molecule has 2 heterocycles. The Hall–Kier alpha value is -0.980. The molecule has 0 aliphatic carbocycles. The molecular formula is C14H18ClF3N2O. The van der Waals surface area contributed by atoms with Crippen LogP contribution in [0.2, 0.25) is 0 Å². The van der Waals surface area contributed by atoms with Gasteiger partial charge in [-0.2, -0.15) is 13.2 Å². The van der Waals surface area contributed by atoms with E-state index >= 15 is 0 Å². The average molecular weight is 323 g/mol. The highest BCUT2D eigenvalue weighted by atomic mass is 35.5. The van der Waals surface area contributed by atoms with Gasteiger partial charge in [-0.05, 0) is 23.3 Å². The smallest absolute Gasteiger partial charge is 0.378 e. The van der Waals surface area contributed by atoms with Crippen LogP contribution in [0, 0.1) is 0 Å².